The van der Waals surface area contributed by atoms with Gasteiger partial charge >= 0.3 is 6.03 Å². The number of amides is 4. The van der Waals surface area contributed by atoms with Gasteiger partial charge < -0.3 is 10.2 Å². The van der Waals surface area contributed by atoms with Gasteiger partial charge in [0.1, 0.15) is 5.54 Å². The molecule has 156 valence electrons. The molecule has 1 atom stereocenters. The maximum absolute atomic E-state index is 13.0. The molecule has 0 saturated carbocycles. The Bertz CT molecular complexity index is 768. The van der Waals surface area contributed by atoms with Crippen LogP contribution < -0.4 is 10.6 Å². The smallest absolute Gasteiger partial charge is 0.322 e. The number of carbonyl (C=O) groups is 3. The highest BCUT2D eigenvalue weighted by Crippen LogP contribution is 2.32. The molecule has 29 heavy (non-hydrogen) atoms. The Morgan fingerprint density at radius 3 is 2.28 bits per heavy atom. The first-order chi connectivity index (χ1) is 14.0. The summed E-state index contributed by atoms with van der Waals surface area (Å²) >= 11 is 0. The highest BCUT2D eigenvalue weighted by molar-refractivity contribution is 6.07. The second kappa shape index (κ2) is 8.14. The number of hydrogen-bond acceptors (Lipinski definition) is 4. The van der Waals surface area contributed by atoms with Crippen molar-refractivity contribution in [1.29, 1.82) is 0 Å². The number of benzene rings is 1. The lowest BCUT2D eigenvalue weighted by atomic mass is 9.78. The minimum absolute atomic E-state index is 0.0609. The van der Waals surface area contributed by atoms with Crippen molar-refractivity contribution in [3.63, 3.8) is 0 Å². The molecule has 1 aromatic carbocycles. The molecule has 0 radical (unpaired) electrons. The van der Waals surface area contributed by atoms with Crippen LogP contribution in [0.1, 0.15) is 38.2 Å². The van der Waals surface area contributed by atoms with Crippen LogP contribution in [0.5, 0.6) is 0 Å². The monoisotopic (exact) mass is 398 g/mol. The molecule has 3 fully saturated rings. The third kappa shape index (κ3) is 4.15. The lowest BCUT2D eigenvalue weighted by molar-refractivity contribution is -0.139. The number of carbonyl (C=O) groups excluding carboxylic acids is 3. The van der Waals surface area contributed by atoms with Crippen molar-refractivity contribution in [2.24, 2.45) is 11.8 Å². The Morgan fingerprint density at radius 2 is 1.69 bits per heavy atom. The summed E-state index contributed by atoms with van der Waals surface area (Å²) in [5, 5.41) is 5.11. The van der Waals surface area contributed by atoms with Crippen LogP contribution in [-0.2, 0) is 16.1 Å². The minimum atomic E-state index is -0.852. The number of nitrogens with one attached hydrogen (secondary N) is 2. The second-order valence-corrected chi connectivity index (χ2v) is 8.75. The van der Waals surface area contributed by atoms with Gasteiger partial charge in [0.2, 0.25) is 5.91 Å². The first-order valence-electron chi connectivity index (χ1n) is 10.6. The SMILES string of the molecule is CC1(C2CCN(C(=O)C3CCN(Cc4ccccc4)CC3)CC2)NC(=O)NC1=O. The Hall–Kier alpha value is -2.41. The topological polar surface area (TPSA) is 81.8 Å². The van der Waals surface area contributed by atoms with Crippen LogP contribution in [0.25, 0.3) is 0 Å². The maximum atomic E-state index is 13.0. The fourth-order valence-corrected chi connectivity index (χ4v) is 4.96. The van der Waals surface area contributed by atoms with Gasteiger partial charge in [-0.3, -0.25) is 19.8 Å². The van der Waals surface area contributed by atoms with E-state index in [2.05, 4.69) is 39.8 Å². The molecule has 0 bridgehead atoms. The van der Waals surface area contributed by atoms with Crippen molar-refractivity contribution >= 4 is 17.8 Å². The van der Waals surface area contributed by atoms with Gasteiger partial charge in [0.25, 0.3) is 5.91 Å². The van der Waals surface area contributed by atoms with Crippen molar-refractivity contribution in [3.8, 4) is 0 Å². The van der Waals surface area contributed by atoms with E-state index in [9.17, 15) is 14.4 Å². The van der Waals surface area contributed by atoms with Gasteiger partial charge in [-0.1, -0.05) is 30.3 Å². The third-order valence-corrected chi connectivity index (χ3v) is 6.88. The summed E-state index contributed by atoms with van der Waals surface area (Å²) in [6.07, 6.45) is 3.29. The molecular formula is C22H30N4O3. The van der Waals surface area contributed by atoms with Crippen molar-refractivity contribution in [3.05, 3.63) is 35.9 Å². The maximum Gasteiger partial charge on any atom is 0.322 e. The van der Waals surface area contributed by atoms with Crippen molar-refractivity contribution in [2.45, 2.75) is 44.7 Å². The van der Waals surface area contributed by atoms with Crippen LogP contribution in [0.2, 0.25) is 0 Å². The molecule has 3 aliphatic rings. The molecule has 0 aromatic heterocycles. The normalized spacial score (nSPS) is 27.0. The highest BCUT2D eigenvalue weighted by atomic mass is 16.2. The Labute approximate surface area is 171 Å². The first kappa shape index (κ1) is 19.9. The van der Waals surface area contributed by atoms with Crippen molar-refractivity contribution < 1.29 is 14.4 Å². The van der Waals surface area contributed by atoms with Gasteiger partial charge in [-0.15, -0.1) is 0 Å². The van der Waals surface area contributed by atoms with Crippen LogP contribution in [0.3, 0.4) is 0 Å². The van der Waals surface area contributed by atoms with Crippen molar-refractivity contribution in [1.82, 2.24) is 20.4 Å². The lowest BCUT2D eigenvalue weighted by Gasteiger charge is -2.40. The predicted molar refractivity (Wildman–Crippen MR) is 109 cm³/mol. The Balaban J connectivity index is 1.25. The number of likely N-dealkylation sites (tertiary alicyclic amines) is 2. The van der Waals surface area contributed by atoms with Gasteiger partial charge in [-0.25, -0.2) is 4.79 Å². The number of piperidine rings is 2. The zero-order valence-electron chi connectivity index (χ0n) is 17.0. The van der Waals surface area contributed by atoms with Gasteiger partial charge in [-0.05, 0) is 57.2 Å². The molecule has 4 amide bonds. The van der Waals surface area contributed by atoms with Gasteiger partial charge in [0.15, 0.2) is 0 Å². The molecule has 3 saturated heterocycles. The molecule has 1 unspecified atom stereocenters. The number of rotatable bonds is 4. The molecule has 4 rings (SSSR count). The second-order valence-electron chi connectivity index (χ2n) is 8.75. The summed E-state index contributed by atoms with van der Waals surface area (Å²) in [6.45, 7) is 5.95. The molecule has 3 aliphatic heterocycles. The van der Waals surface area contributed by atoms with E-state index in [1.54, 1.807) is 6.92 Å². The van der Waals surface area contributed by atoms with E-state index >= 15 is 0 Å². The molecule has 7 heteroatoms. The number of hydrogen-bond donors (Lipinski definition) is 2. The summed E-state index contributed by atoms with van der Waals surface area (Å²) in [6, 6.07) is 10.0. The standard InChI is InChI=1S/C22H30N4O3/c1-22(20(28)23-21(29)24-22)18-9-13-26(14-10-18)19(27)17-7-11-25(12-8-17)15-16-5-3-2-4-6-16/h2-6,17-18H,7-15H2,1H3,(H2,23,24,28,29). The lowest BCUT2D eigenvalue weighted by Crippen LogP contribution is -2.55. The van der Waals surface area contributed by atoms with Gasteiger partial charge in [-0.2, -0.15) is 0 Å². The van der Waals surface area contributed by atoms with Crippen LogP contribution >= 0.6 is 0 Å². The zero-order valence-corrected chi connectivity index (χ0v) is 17.0. The number of urea groups is 1. The Morgan fingerprint density at radius 1 is 1.03 bits per heavy atom. The van der Waals surface area contributed by atoms with E-state index in [1.807, 2.05) is 11.0 Å². The first-order valence-corrected chi connectivity index (χ1v) is 10.6. The third-order valence-electron chi connectivity index (χ3n) is 6.88. The van der Waals surface area contributed by atoms with Crippen LogP contribution in [-0.4, -0.2) is 59.4 Å². The summed E-state index contributed by atoms with van der Waals surface area (Å²) in [4.78, 5) is 41.1. The fraction of sp³-hybridized carbons (Fsp3) is 0.591. The molecular weight excluding hydrogens is 368 g/mol. The summed E-state index contributed by atoms with van der Waals surface area (Å²) in [5.74, 6) is 0.167. The van der Waals surface area contributed by atoms with E-state index in [0.29, 0.717) is 13.1 Å². The van der Waals surface area contributed by atoms with Crippen LogP contribution in [0, 0.1) is 11.8 Å². The largest absolute Gasteiger partial charge is 0.342 e. The summed E-state index contributed by atoms with van der Waals surface area (Å²) in [7, 11) is 0. The van der Waals surface area contributed by atoms with Gasteiger partial charge in [0.05, 0.1) is 0 Å². The quantitative estimate of drug-likeness (QED) is 0.757. The van der Waals surface area contributed by atoms with Gasteiger partial charge in [0, 0.05) is 25.6 Å². The zero-order chi connectivity index (χ0) is 20.4. The van der Waals surface area contributed by atoms with E-state index < -0.39 is 11.6 Å². The highest BCUT2D eigenvalue weighted by Gasteiger charge is 2.49. The average Bonchev–Trinajstić information content (AvgIpc) is 3.01. The Kier molecular flexibility index (Phi) is 5.58. The van der Waals surface area contributed by atoms with Crippen LogP contribution in [0.15, 0.2) is 30.3 Å². The van der Waals surface area contributed by atoms with E-state index in [1.165, 1.54) is 5.56 Å². The minimum Gasteiger partial charge on any atom is -0.342 e. The number of imide groups is 1. The molecule has 7 nitrogen and oxygen atoms in total. The summed E-state index contributed by atoms with van der Waals surface area (Å²) in [5.41, 5.74) is 0.463. The molecule has 0 aliphatic carbocycles. The van der Waals surface area contributed by atoms with Crippen LogP contribution in [0.4, 0.5) is 4.79 Å². The molecule has 1 aromatic rings. The average molecular weight is 399 g/mol. The summed E-state index contributed by atoms with van der Waals surface area (Å²) < 4.78 is 0. The van der Waals surface area contributed by atoms with E-state index in [0.717, 1.165) is 45.3 Å². The molecule has 3 heterocycles. The van der Waals surface area contributed by atoms with E-state index in [4.69, 9.17) is 0 Å². The van der Waals surface area contributed by atoms with E-state index in [-0.39, 0.29) is 23.7 Å². The molecule has 2 N–H and O–H groups in total. The number of nitrogens with zero attached hydrogens (tertiary/aromatic N) is 2. The molecule has 0 spiro atoms. The fourth-order valence-electron chi connectivity index (χ4n) is 4.96. The predicted octanol–water partition coefficient (Wildman–Crippen LogP) is 1.74. The van der Waals surface area contributed by atoms with Crippen molar-refractivity contribution in [2.75, 3.05) is 26.2 Å².